The maximum absolute atomic E-state index is 12.5. The zero-order valence-corrected chi connectivity index (χ0v) is 36.7. The van der Waals surface area contributed by atoms with E-state index in [0.717, 1.165) is 52.4 Å². The molecule has 314 valence electrons. The van der Waals surface area contributed by atoms with Gasteiger partial charge < -0.3 is 19.4 Å². The smallest absolute Gasteiger partial charge is 0.379 e. The summed E-state index contributed by atoms with van der Waals surface area (Å²) in [6, 6.07) is 0. The van der Waals surface area contributed by atoms with Crippen LogP contribution >= 0.6 is 0 Å². The number of allylic oxidation sites excluding steroid dienone is 2. The van der Waals surface area contributed by atoms with Crippen molar-refractivity contribution in [2.24, 2.45) is 0 Å². The van der Waals surface area contributed by atoms with Gasteiger partial charge in [0.05, 0.1) is 21.1 Å². The van der Waals surface area contributed by atoms with E-state index < -0.39 is 12.1 Å². The summed E-state index contributed by atoms with van der Waals surface area (Å²) in [6.07, 6.45) is 45.6. The van der Waals surface area contributed by atoms with E-state index in [1.54, 1.807) is 0 Å². The normalized spacial score (nSPS) is 16.2. The van der Waals surface area contributed by atoms with Gasteiger partial charge in [-0.15, -0.1) is 0 Å². The quantitative estimate of drug-likeness (QED) is 0.0393. The highest BCUT2D eigenvalue weighted by atomic mass is 16.4. The Bertz CT molecular complexity index is 828. The molecule has 0 amide bonds. The lowest BCUT2D eigenvalue weighted by Gasteiger charge is -2.39. The van der Waals surface area contributed by atoms with Crippen molar-refractivity contribution in [3.05, 3.63) is 12.2 Å². The largest absolute Gasteiger partial charge is 0.476 e. The van der Waals surface area contributed by atoms with Gasteiger partial charge in [0, 0.05) is 39.3 Å². The van der Waals surface area contributed by atoms with Crippen LogP contribution in [0, 0.1) is 0 Å². The van der Waals surface area contributed by atoms with Gasteiger partial charge in [0.1, 0.15) is 0 Å². The molecule has 6 nitrogen and oxygen atoms in total. The molecule has 0 aliphatic carbocycles. The number of carboxylic acid groups (broad SMARTS) is 1. The molecule has 1 saturated heterocycles. The number of carbonyl (C=O) groups is 1. The third-order valence-corrected chi connectivity index (χ3v) is 11.8. The Labute approximate surface area is 332 Å². The highest BCUT2D eigenvalue weighted by Gasteiger charge is 2.37. The fourth-order valence-corrected chi connectivity index (χ4v) is 8.29. The first-order chi connectivity index (χ1) is 25.8. The number of carboxylic acids is 1. The number of hydrogen-bond acceptors (Lipinski definition) is 4. The van der Waals surface area contributed by atoms with Crippen LogP contribution in [0.4, 0.5) is 0 Å². The predicted molar refractivity (Wildman–Crippen MR) is 233 cm³/mol. The van der Waals surface area contributed by atoms with Crippen LogP contribution in [0.2, 0.25) is 0 Å². The molecule has 1 aliphatic heterocycles. The number of unbranched alkanes of at least 4 members (excludes halogenated alkanes) is 27. The van der Waals surface area contributed by atoms with Gasteiger partial charge in [-0.1, -0.05) is 180 Å². The second kappa shape index (κ2) is 35.5. The molecule has 0 saturated carbocycles. The molecule has 1 fully saturated rings. The number of rotatable bonds is 36. The third-order valence-electron chi connectivity index (χ3n) is 11.8. The first-order valence-electron chi connectivity index (χ1n) is 23.7. The Hall–Kier alpha value is -0.950. The zero-order chi connectivity index (χ0) is 38.7. The number of quaternary nitrogens is 1. The van der Waals surface area contributed by atoms with E-state index in [9.17, 15) is 9.90 Å². The van der Waals surface area contributed by atoms with Gasteiger partial charge in [0.15, 0.2) is 0 Å². The van der Waals surface area contributed by atoms with E-state index >= 15 is 0 Å². The average Bonchev–Trinajstić information content (AvgIpc) is 3.21. The number of aliphatic carboxylic acids is 1. The second-order valence-corrected chi connectivity index (χ2v) is 17.8. The topological polar surface area (TPSA) is 47.0 Å². The first kappa shape index (κ1) is 50.1. The van der Waals surface area contributed by atoms with E-state index in [0.29, 0.717) is 4.48 Å². The average molecular weight is 748 g/mol. The number of likely N-dealkylation sites (N-methyl/N-ethyl adjacent to an activating group) is 1. The molecule has 1 heterocycles. The predicted octanol–water partition coefficient (Wildman–Crippen LogP) is 12.3. The first-order valence-corrected chi connectivity index (χ1v) is 23.7. The van der Waals surface area contributed by atoms with Gasteiger partial charge >= 0.3 is 5.97 Å². The highest BCUT2D eigenvalue weighted by Crippen LogP contribution is 2.16. The summed E-state index contributed by atoms with van der Waals surface area (Å²) in [7, 11) is 6.10. The van der Waals surface area contributed by atoms with Gasteiger partial charge in [0.2, 0.25) is 6.17 Å². The van der Waals surface area contributed by atoms with Crippen molar-refractivity contribution in [2.45, 2.75) is 213 Å². The molecular weight excluding hydrogens is 653 g/mol. The van der Waals surface area contributed by atoms with Crippen molar-refractivity contribution in [3.63, 3.8) is 0 Å². The third kappa shape index (κ3) is 29.9. The SMILES string of the molecule is CCCCCCCC/C=C\CCCCCCCCN1CCN(CCCCCCCCCCCCCCCCCC)CCN(C(C(=O)O)[N+](C)(C)C)CC1. The zero-order valence-electron chi connectivity index (χ0n) is 36.7. The molecule has 0 aromatic rings. The van der Waals surface area contributed by atoms with Crippen LogP contribution in [0.15, 0.2) is 12.2 Å². The molecule has 0 aromatic heterocycles. The lowest BCUT2D eigenvalue weighted by molar-refractivity contribution is -0.899. The standard InChI is InChI=1S/C47H94N4O2/c1-6-8-10-12-14-16-18-20-22-24-26-28-30-32-34-36-38-48-40-41-49(43-45-50(44-42-48)46(47(52)53)51(3,4)5)39-37-35-33-31-29-27-25-23-21-19-17-15-13-11-9-7-2/h20,22,46H,6-19,21,23-45H2,1-5H3/p+1/b22-20-. The summed E-state index contributed by atoms with van der Waals surface area (Å²) in [4.78, 5) is 20.0. The molecule has 0 aromatic carbocycles. The molecule has 1 unspecified atom stereocenters. The molecule has 0 spiro atoms. The minimum atomic E-state index is -0.694. The molecule has 0 radical (unpaired) electrons. The molecule has 1 rings (SSSR count). The van der Waals surface area contributed by atoms with Crippen LogP contribution in [0.5, 0.6) is 0 Å². The molecule has 1 N–H and O–H groups in total. The molecule has 0 bridgehead atoms. The molecule has 53 heavy (non-hydrogen) atoms. The van der Waals surface area contributed by atoms with Gasteiger partial charge in [-0.3, -0.25) is 0 Å². The summed E-state index contributed by atoms with van der Waals surface area (Å²) in [5.41, 5.74) is 0. The molecule has 1 atom stereocenters. The minimum Gasteiger partial charge on any atom is -0.476 e. The van der Waals surface area contributed by atoms with E-state index in [2.05, 4.69) is 40.7 Å². The van der Waals surface area contributed by atoms with Crippen molar-refractivity contribution >= 4 is 5.97 Å². The van der Waals surface area contributed by atoms with E-state index in [4.69, 9.17) is 0 Å². The Kier molecular flexibility index (Phi) is 33.5. The lowest BCUT2D eigenvalue weighted by atomic mass is 10.0. The van der Waals surface area contributed by atoms with Crippen molar-refractivity contribution in [2.75, 3.05) is 73.5 Å². The van der Waals surface area contributed by atoms with E-state index in [-0.39, 0.29) is 0 Å². The lowest BCUT2D eigenvalue weighted by Crippen LogP contribution is -2.61. The summed E-state index contributed by atoms with van der Waals surface area (Å²) in [5, 5.41) is 10.3. The number of nitrogens with zero attached hydrogens (tertiary/aromatic N) is 4. The van der Waals surface area contributed by atoms with Gasteiger partial charge in [-0.05, 0) is 51.6 Å². The van der Waals surface area contributed by atoms with Crippen LogP contribution < -0.4 is 0 Å². The van der Waals surface area contributed by atoms with E-state index in [1.165, 1.54) is 193 Å². The fraction of sp³-hybridized carbons (Fsp3) is 0.936. The Morgan fingerprint density at radius 3 is 1.06 bits per heavy atom. The van der Waals surface area contributed by atoms with Crippen LogP contribution in [0.1, 0.15) is 206 Å². The Balaban J connectivity index is 2.32. The van der Waals surface area contributed by atoms with Crippen LogP contribution in [0.3, 0.4) is 0 Å². The van der Waals surface area contributed by atoms with E-state index in [1.807, 2.05) is 21.1 Å². The molecule has 6 heteroatoms. The highest BCUT2D eigenvalue weighted by molar-refractivity contribution is 5.71. The summed E-state index contributed by atoms with van der Waals surface area (Å²) in [6.45, 7) is 12.7. The molecule has 1 aliphatic rings. The Morgan fingerprint density at radius 1 is 0.472 bits per heavy atom. The van der Waals surface area contributed by atoms with Crippen molar-refractivity contribution in [3.8, 4) is 0 Å². The van der Waals surface area contributed by atoms with Crippen LogP contribution in [-0.4, -0.2) is 110 Å². The summed E-state index contributed by atoms with van der Waals surface area (Å²) in [5.74, 6) is -0.694. The maximum Gasteiger partial charge on any atom is 0.379 e. The Morgan fingerprint density at radius 2 is 0.755 bits per heavy atom. The minimum absolute atomic E-state index is 0.434. The maximum atomic E-state index is 12.5. The number of hydrogen-bond donors (Lipinski definition) is 1. The van der Waals surface area contributed by atoms with Gasteiger partial charge in [-0.25, -0.2) is 9.69 Å². The summed E-state index contributed by atoms with van der Waals surface area (Å²) >= 11 is 0. The van der Waals surface area contributed by atoms with Crippen LogP contribution in [-0.2, 0) is 4.79 Å². The van der Waals surface area contributed by atoms with Gasteiger partial charge in [0.25, 0.3) is 0 Å². The monoisotopic (exact) mass is 748 g/mol. The van der Waals surface area contributed by atoms with Crippen molar-refractivity contribution < 1.29 is 14.4 Å². The van der Waals surface area contributed by atoms with Gasteiger partial charge in [-0.2, -0.15) is 0 Å². The summed E-state index contributed by atoms with van der Waals surface area (Å²) < 4.78 is 0.434. The van der Waals surface area contributed by atoms with Crippen molar-refractivity contribution in [1.82, 2.24) is 14.7 Å². The molecular formula is C47H95N4O2+. The fourth-order valence-electron chi connectivity index (χ4n) is 8.29. The second-order valence-electron chi connectivity index (χ2n) is 17.8. The van der Waals surface area contributed by atoms with Crippen LogP contribution in [0.25, 0.3) is 0 Å². The van der Waals surface area contributed by atoms with Crippen molar-refractivity contribution in [1.29, 1.82) is 0 Å².